The van der Waals surface area contributed by atoms with E-state index in [0.717, 1.165) is 35.9 Å². The minimum atomic E-state index is -0.612. The summed E-state index contributed by atoms with van der Waals surface area (Å²) in [6.07, 6.45) is 4.78. The monoisotopic (exact) mass is 548 g/mol. The lowest BCUT2D eigenvalue weighted by Crippen LogP contribution is -2.46. The smallest absolute Gasteiger partial charge is 0.333 e. The van der Waals surface area contributed by atoms with Crippen molar-refractivity contribution in [2.75, 3.05) is 11.5 Å². The second-order valence-electron chi connectivity index (χ2n) is 10.4. The molecule has 2 aliphatic rings. The Labute approximate surface area is 227 Å². The molecule has 2 fully saturated rings. The molecule has 0 atom stereocenters. The van der Waals surface area contributed by atoms with Crippen LogP contribution in [-0.2, 0) is 0 Å². The van der Waals surface area contributed by atoms with E-state index in [2.05, 4.69) is 10.3 Å². The molecule has 0 bridgehead atoms. The van der Waals surface area contributed by atoms with Gasteiger partial charge >= 0.3 is 5.69 Å². The second-order valence-corrected chi connectivity index (χ2v) is 11.6. The summed E-state index contributed by atoms with van der Waals surface area (Å²) in [7, 11) is 0. The molecule has 2 aromatic carbocycles. The van der Waals surface area contributed by atoms with E-state index in [-0.39, 0.29) is 46.4 Å². The Bertz CT molecular complexity index is 1690. The summed E-state index contributed by atoms with van der Waals surface area (Å²) >= 11 is 1.83. The average molecular weight is 549 g/mol. The van der Waals surface area contributed by atoms with Gasteiger partial charge in [0, 0.05) is 18.1 Å². The normalized spacial score (nSPS) is 20.3. The number of phenolic OH excluding ortho intramolecular Hbond substituents is 1. The third kappa shape index (κ3) is 4.71. The lowest BCUT2D eigenvalue weighted by Gasteiger charge is -2.31. The molecule has 0 spiro atoms. The van der Waals surface area contributed by atoms with Crippen LogP contribution in [0.2, 0.25) is 0 Å². The van der Waals surface area contributed by atoms with Crippen LogP contribution in [0.1, 0.15) is 61.0 Å². The maximum absolute atomic E-state index is 14.1. The molecule has 2 N–H and O–H groups in total. The minimum absolute atomic E-state index is 0.0786. The van der Waals surface area contributed by atoms with Crippen molar-refractivity contribution < 1.29 is 14.3 Å². The number of fused-ring (bicyclic) bond motifs is 2. The number of benzene rings is 2. The number of hydrogen-bond acceptors (Lipinski definition) is 6. The number of pyridine rings is 1. The van der Waals surface area contributed by atoms with E-state index in [0.29, 0.717) is 31.1 Å². The molecule has 1 amide bonds. The molecule has 0 unspecified atom stereocenters. The molecule has 10 heteroatoms. The van der Waals surface area contributed by atoms with E-state index in [1.165, 1.54) is 16.7 Å². The van der Waals surface area contributed by atoms with Gasteiger partial charge in [0.1, 0.15) is 17.2 Å². The van der Waals surface area contributed by atoms with Crippen LogP contribution in [0, 0.1) is 5.82 Å². The number of aromatic hydroxyl groups is 1. The van der Waals surface area contributed by atoms with Crippen molar-refractivity contribution >= 4 is 39.5 Å². The molecule has 202 valence electrons. The van der Waals surface area contributed by atoms with Crippen LogP contribution < -0.4 is 16.6 Å². The number of aromatic nitrogens is 3. The van der Waals surface area contributed by atoms with Crippen LogP contribution in [0.15, 0.2) is 58.3 Å². The molecule has 3 heterocycles. The van der Waals surface area contributed by atoms with Crippen molar-refractivity contribution in [1.82, 2.24) is 19.4 Å². The Morgan fingerprint density at radius 2 is 1.67 bits per heavy atom. The summed E-state index contributed by atoms with van der Waals surface area (Å²) in [5.74, 6) is 0.782. The fourth-order valence-electron chi connectivity index (χ4n) is 6.03. The predicted octanol–water partition coefficient (Wildman–Crippen LogP) is 4.54. The number of nitrogens with one attached hydrogen (secondary N) is 1. The maximum atomic E-state index is 14.1. The summed E-state index contributed by atoms with van der Waals surface area (Å²) in [4.78, 5) is 44.6. The average Bonchev–Trinajstić information content (AvgIpc) is 2.95. The number of carbonyl (C=O) groups excluding carboxylic acids is 1. The highest BCUT2D eigenvalue weighted by Crippen LogP contribution is 2.31. The molecule has 1 saturated carbocycles. The highest BCUT2D eigenvalue weighted by Gasteiger charge is 2.30. The Balaban J connectivity index is 1.27. The van der Waals surface area contributed by atoms with Gasteiger partial charge in [-0.3, -0.25) is 18.7 Å². The van der Waals surface area contributed by atoms with Gasteiger partial charge in [-0.1, -0.05) is 30.3 Å². The third-order valence-electron chi connectivity index (χ3n) is 8.01. The molecule has 39 heavy (non-hydrogen) atoms. The van der Waals surface area contributed by atoms with E-state index in [4.69, 9.17) is 0 Å². The van der Waals surface area contributed by atoms with Gasteiger partial charge in [-0.25, -0.2) is 14.2 Å². The van der Waals surface area contributed by atoms with E-state index >= 15 is 0 Å². The van der Waals surface area contributed by atoms with E-state index in [1.807, 2.05) is 30.0 Å². The number of halogens is 1. The van der Waals surface area contributed by atoms with Crippen molar-refractivity contribution in [2.24, 2.45) is 0 Å². The molecule has 1 saturated heterocycles. The Kier molecular flexibility index (Phi) is 6.88. The molecule has 4 aromatic rings. The number of amides is 1. The van der Waals surface area contributed by atoms with Crippen molar-refractivity contribution in [3.05, 3.63) is 80.9 Å². The Morgan fingerprint density at radius 1 is 0.949 bits per heavy atom. The first-order valence-electron chi connectivity index (χ1n) is 13.3. The fourth-order valence-corrected chi connectivity index (χ4v) is 7.12. The molecule has 0 radical (unpaired) electrons. The standard InChI is InChI=1S/C29H29FN4O4S/c30-18-15-23-26(31-16-18)33(21-11-13-39-14-12-21)29(38)34(28(23)37)20-8-6-19(7-9-20)32-27(36)25-22-4-2-1-3-17(22)5-10-24(25)35/h1-5,10,15-16,19-21,35H,6-9,11-14H2,(H,32,36)/t19-,20+. The van der Waals surface area contributed by atoms with Crippen LogP contribution in [-0.4, -0.2) is 42.7 Å². The quantitative estimate of drug-likeness (QED) is 0.388. The van der Waals surface area contributed by atoms with Crippen molar-refractivity contribution in [2.45, 2.75) is 56.7 Å². The summed E-state index contributed by atoms with van der Waals surface area (Å²) in [5, 5.41) is 15.1. The highest BCUT2D eigenvalue weighted by molar-refractivity contribution is 7.99. The zero-order valence-electron chi connectivity index (χ0n) is 21.3. The molecule has 1 aliphatic heterocycles. The molecule has 6 rings (SSSR count). The van der Waals surface area contributed by atoms with Gasteiger partial charge in [-0.15, -0.1) is 0 Å². The number of carbonyl (C=O) groups is 1. The molecular formula is C29H29FN4O4S. The van der Waals surface area contributed by atoms with Crippen molar-refractivity contribution in [3.8, 4) is 5.75 Å². The van der Waals surface area contributed by atoms with Gasteiger partial charge in [-0.2, -0.15) is 11.8 Å². The number of hydrogen-bond donors (Lipinski definition) is 2. The Morgan fingerprint density at radius 3 is 2.44 bits per heavy atom. The first-order chi connectivity index (χ1) is 18.9. The molecular weight excluding hydrogens is 519 g/mol. The number of nitrogens with zero attached hydrogens (tertiary/aromatic N) is 3. The lowest BCUT2D eigenvalue weighted by atomic mass is 9.90. The SMILES string of the molecule is O=C(N[C@H]1CC[C@@H](n2c(=O)c3cc(F)cnc3n(C3CCSCC3)c2=O)CC1)c1c(O)ccc2ccccc12. The second kappa shape index (κ2) is 10.5. The summed E-state index contributed by atoms with van der Waals surface area (Å²) < 4.78 is 17.0. The summed E-state index contributed by atoms with van der Waals surface area (Å²) in [5.41, 5.74) is -0.423. The number of thioether (sulfide) groups is 1. The molecule has 2 aromatic heterocycles. The van der Waals surface area contributed by atoms with Gasteiger partial charge in [0.05, 0.1) is 17.1 Å². The van der Waals surface area contributed by atoms with Crippen molar-refractivity contribution in [1.29, 1.82) is 0 Å². The summed E-state index contributed by atoms with van der Waals surface area (Å²) in [6.45, 7) is 0. The fraction of sp³-hybridized carbons (Fsp3) is 0.379. The van der Waals surface area contributed by atoms with E-state index in [1.54, 1.807) is 16.7 Å². The van der Waals surface area contributed by atoms with Gasteiger partial charge in [-0.05, 0) is 72.9 Å². The van der Waals surface area contributed by atoms with Gasteiger partial charge in [0.2, 0.25) is 0 Å². The van der Waals surface area contributed by atoms with Gasteiger partial charge in [0.15, 0.2) is 0 Å². The van der Waals surface area contributed by atoms with Crippen LogP contribution in [0.3, 0.4) is 0 Å². The number of phenols is 1. The van der Waals surface area contributed by atoms with E-state index in [9.17, 15) is 23.9 Å². The third-order valence-corrected chi connectivity index (χ3v) is 9.06. The molecule has 8 nitrogen and oxygen atoms in total. The largest absolute Gasteiger partial charge is 0.507 e. The first-order valence-corrected chi connectivity index (χ1v) is 14.5. The van der Waals surface area contributed by atoms with Crippen LogP contribution in [0.4, 0.5) is 4.39 Å². The van der Waals surface area contributed by atoms with Gasteiger partial charge < -0.3 is 10.4 Å². The lowest BCUT2D eigenvalue weighted by molar-refractivity contribution is 0.0921. The zero-order chi connectivity index (χ0) is 27.1. The highest BCUT2D eigenvalue weighted by atomic mass is 32.2. The Hall–Kier alpha value is -3.66. The maximum Gasteiger partial charge on any atom is 0.333 e. The van der Waals surface area contributed by atoms with Crippen LogP contribution in [0.5, 0.6) is 5.75 Å². The van der Waals surface area contributed by atoms with Crippen LogP contribution in [0.25, 0.3) is 21.8 Å². The van der Waals surface area contributed by atoms with Crippen LogP contribution >= 0.6 is 11.8 Å². The topological polar surface area (TPSA) is 106 Å². The number of rotatable bonds is 4. The molecule has 1 aliphatic carbocycles. The predicted molar refractivity (Wildman–Crippen MR) is 150 cm³/mol. The van der Waals surface area contributed by atoms with Gasteiger partial charge in [0.25, 0.3) is 11.5 Å². The first kappa shape index (κ1) is 25.6. The minimum Gasteiger partial charge on any atom is -0.507 e. The summed E-state index contributed by atoms with van der Waals surface area (Å²) in [6, 6.07) is 11.3. The zero-order valence-corrected chi connectivity index (χ0v) is 22.1. The van der Waals surface area contributed by atoms with Crippen molar-refractivity contribution in [3.63, 3.8) is 0 Å². The van der Waals surface area contributed by atoms with E-state index < -0.39 is 17.1 Å².